The van der Waals surface area contributed by atoms with E-state index < -0.39 is 0 Å². The highest BCUT2D eigenvalue weighted by Gasteiger charge is 2.21. The van der Waals surface area contributed by atoms with Crippen LogP contribution in [0.3, 0.4) is 0 Å². The van der Waals surface area contributed by atoms with Gasteiger partial charge in [-0.25, -0.2) is 5.10 Å². The number of nitrogen functional groups attached to an aromatic ring is 1. The van der Waals surface area contributed by atoms with Crippen molar-refractivity contribution in [1.82, 2.24) is 15.2 Å². The summed E-state index contributed by atoms with van der Waals surface area (Å²) in [5.41, 5.74) is 5.48. The largest absolute Gasteiger partial charge is 0.384 e. The normalized spacial score (nSPS) is 18.3. The van der Waals surface area contributed by atoms with E-state index in [0.717, 1.165) is 32.5 Å². The van der Waals surface area contributed by atoms with Crippen molar-refractivity contribution in [2.24, 2.45) is 5.92 Å². The number of nitrogens with zero attached hydrogens (tertiary/aromatic N) is 3. The maximum atomic E-state index is 5.48. The molecule has 0 spiro atoms. The minimum atomic E-state index is 0.379. The van der Waals surface area contributed by atoms with Gasteiger partial charge >= 0.3 is 0 Å². The first-order valence-corrected chi connectivity index (χ1v) is 5.21. The fourth-order valence-electron chi connectivity index (χ4n) is 1.94. The summed E-state index contributed by atoms with van der Waals surface area (Å²) in [6.45, 7) is 2.81. The number of piperidine rings is 1. The van der Waals surface area contributed by atoms with Gasteiger partial charge in [0.1, 0.15) is 0 Å². The number of H-pyrrole nitrogens is 1. The zero-order chi connectivity index (χ0) is 10.7. The third-order valence-electron chi connectivity index (χ3n) is 2.79. The van der Waals surface area contributed by atoms with Crippen molar-refractivity contribution in [2.45, 2.75) is 12.8 Å². The highest BCUT2D eigenvalue weighted by atomic mass is 16.5. The van der Waals surface area contributed by atoms with E-state index in [1.807, 2.05) is 0 Å². The van der Waals surface area contributed by atoms with Crippen molar-refractivity contribution in [3.8, 4) is 0 Å². The molecule has 0 aliphatic carbocycles. The van der Waals surface area contributed by atoms with Crippen molar-refractivity contribution in [2.75, 3.05) is 37.4 Å². The van der Waals surface area contributed by atoms with Gasteiger partial charge in [-0.3, -0.25) is 0 Å². The topological polar surface area (TPSA) is 80.1 Å². The van der Waals surface area contributed by atoms with E-state index in [2.05, 4.69) is 20.1 Å². The highest BCUT2D eigenvalue weighted by molar-refractivity contribution is 5.34. The number of anilines is 2. The molecule has 2 heterocycles. The van der Waals surface area contributed by atoms with Crippen LogP contribution in [0.4, 0.5) is 11.9 Å². The SMILES string of the molecule is COCC1CCN(c2n[nH]c(N)n2)CC1. The summed E-state index contributed by atoms with van der Waals surface area (Å²) in [6, 6.07) is 0. The van der Waals surface area contributed by atoms with E-state index in [-0.39, 0.29) is 0 Å². The standard InChI is InChI=1S/C9H17N5O/c1-15-6-7-2-4-14(5-3-7)9-11-8(10)12-13-9/h7H,2-6H2,1H3,(H3,10,11,12,13). The molecule has 3 N–H and O–H groups in total. The smallest absolute Gasteiger partial charge is 0.246 e. The number of nitrogens with two attached hydrogens (primary N) is 1. The van der Waals surface area contributed by atoms with E-state index in [0.29, 0.717) is 17.8 Å². The van der Waals surface area contributed by atoms with Crippen LogP contribution >= 0.6 is 0 Å². The van der Waals surface area contributed by atoms with E-state index in [1.165, 1.54) is 0 Å². The van der Waals surface area contributed by atoms with Gasteiger partial charge in [-0.15, -0.1) is 5.10 Å². The van der Waals surface area contributed by atoms with Crippen LogP contribution in [0.1, 0.15) is 12.8 Å². The number of hydrogen-bond donors (Lipinski definition) is 2. The molecule has 2 rings (SSSR count). The second kappa shape index (κ2) is 4.48. The van der Waals surface area contributed by atoms with E-state index in [9.17, 15) is 0 Å². The number of aromatic amines is 1. The Kier molecular flexibility index (Phi) is 3.05. The van der Waals surface area contributed by atoms with Gasteiger partial charge in [-0.2, -0.15) is 4.98 Å². The summed E-state index contributed by atoms with van der Waals surface area (Å²) in [4.78, 5) is 6.26. The van der Waals surface area contributed by atoms with Crippen LogP contribution in [0, 0.1) is 5.92 Å². The fraction of sp³-hybridized carbons (Fsp3) is 0.778. The second-order valence-corrected chi connectivity index (χ2v) is 3.91. The Bertz CT molecular complexity index is 305. The first kappa shape index (κ1) is 10.2. The molecule has 1 saturated heterocycles. The predicted molar refractivity (Wildman–Crippen MR) is 57.6 cm³/mol. The number of methoxy groups -OCH3 is 1. The molecule has 0 radical (unpaired) electrons. The molecule has 84 valence electrons. The number of rotatable bonds is 3. The molecule has 1 fully saturated rings. The Labute approximate surface area is 88.8 Å². The molecule has 0 saturated carbocycles. The molecule has 0 bridgehead atoms. The van der Waals surface area contributed by atoms with Gasteiger partial charge in [0.15, 0.2) is 0 Å². The summed E-state index contributed by atoms with van der Waals surface area (Å²) in [7, 11) is 1.75. The van der Waals surface area contributed by atoms with Gasteiger partial charge in [0.25, 0.3) is 0 Å². The van der Waals surface area contributed by atoms with Crippen LogP contribution in [0.15, 0.2) is 0 Å². The van der Waals surface area contributed by atoms with Crippen molar-refractivity contribution < 1.29 is 4.74 Å². The van der Waals surface area contributed by atoms with Gasteiger partial charge in [-0.1, -0.05) is 0 Å². The van der Waals surface area contributed by atoms with Gasteiger partial charge in [0, 0.05) is 26.8 Å². The Morgan fingerprint density at radius 3 is 2.80 bits per heavy atom. The Morgan fingerprint density at radius 1 is 1.53 bits per heavy atom. The molecular formula is C9H17N5O. The first-order valence-electron chi connectivity index (χ1n) is 5.21. The zero-order valence-electron chi connectivity index (χ0n) is 8.94. The second-order valence-electron chi connectivity index (χ2n) is 3.91. The minimum absolute atomic E-state index is 0.379. The monoisotopic (exact) mass is 211 g/mol. The van der Waals surface area contributed by atoms with E-state index in [4.69, 9.17) is 10.5 Å². The van der Waals surface area contributed by atoms with Crippen LogP contribution < -0.4 is 10.6 Å². The van der Waals surface area contributed by atoms with Crippen molar-refractivity contribution in [3.05, 3.63) is 0 Å². The van der Waals surface area contributed by atoms with E-state index >= 15 is 0 Å². The van der Waals surface area contributed by atoms with Gasteiger partial charge in [-0.05, 0) is 18.8 Å². The molecule has 1 aromatic heterocycles. The molecule has 0 aromatic carbocycles. The van der Waals surface area contributed by atoms with Crippen molar-refractivity contribution >= 4 is 11.9 Å². The molecule has 1 aliphatic rings. The Morgan fingerprint density at radius 2 is 2.27 bits per heavy atom. The molecule has 6 nitrogen and oxygen atoms in total. The van der Waals surface area contributed by atoms with Crippen LogP contribution in [-0.2, 0) is 4.74 Å². The lowest BCUT2D eigenvalue weighted by Gasteiger charge is -2.30. The lowest BCUT2D eigenvalue weighted by atomic mass is 9.98. The van der Waals surface area contributed by atoms with Crippen LogP contribution in [0.2, 0.25) is 0 Å². The molecule has 15 heavy (non-hydrogen) atoms. The fourth-order valence-corrected chi connectivity index (χ4v) is 1.94. The third-order valence-corrected chi connectivity index (χ3v) is 2.79. The average Bonchev–Trinajstić information content (AvgIpc) is 2.67. The molecule has 1 aliphatic heterocycles. The molecule has 0 unspecified atom stereocenters. The minimum Gasteiger partial charge on any atom is -0.384 e. The lowest BCUT2D eigenvalue weighted by Crippen LogP contribution is -2.35. The van der Waals surface area contributed by atoms with Crippen molar-refractivity contribution in [3.63, 3.8) is 0 Å². The molecule has 0 amide bonds. The quantitative estimate of drug-likeness (QED) is 0.749. The predicted octanol–water partition coefficient (Wildman–Crippen LogP) is 0.250. The summed E-state index contributed by atoms with van der Waals surface area (Å²) in [5, 5.41) is 6.70. The number of ether oxygens (including phenoxy) is 1. The Hall–Kier alpha value is -1.30. The molecule has 1 aromatic rings. The van der Waals surface area contributed by atoms with Gasteiger partial charge in [0.2, 0.25) is 11.9 Å². The van der Waals surface area contributed by atoms with Crippen LogP contribution in [0.5, 0.6) is 0 Å². The third kappa shape index (κ3) is 2.38. The summed E-state index contributed by atoms with van der Waals surface area (Å²) >= 11 is 0. The maximum absolute atomic E-state index is 5.48. The molecular weight excluding hydrogens is 194 g/mol. The lowest BCUT2D eigenvalue weighted by molar-refractivity contribution is 0.139. The van der Waals surface area contributed by atoms with Crippen LogP contribution in [-0.4, -0.2) is 42.0 Å². The summed E-state index contributed by atoms with van der Waals surface area (Å²) in [5.74, 6) is 1.76. The van der Waals surface area contributed by atoms with Crippen molar-refractivity contribution in [1.29, 1.82) is 0 Å². The maximum Gasteiger partial charge on any atom is 0.246 e. The summed E-state index contributed by atoms with van der Waals surface area (Å²) in [6.07, 6.45) is 2.25. The van der Waals surface area contributed by atoms with Gasteiger partial charge < -0.3 is 15.4 Å². The molecule has 6 heteroatoms. The summed E-state index contributed by atoms with van der Waals surface area (Å²) < 4.78 is 5.15. The van der Waals surface area contributed by atoms with E-state index in [1.54, 1.807) is 7.11 Å². The first-order chi connectivity index (χ1) is 7.29. The van der Waals surface area contributed by atoms with Crippen LogP contribution in [0.25, 0.3) is 0 Å². The number of hydrogen-bond acceptors (Lipinski definition) is 5. The average molecular weight is 211 g/mol. The zero-order valence-corrected chi connectivity index (χ0v) is 8.94. The van der Waals surface area contributed by atoms with Gasteiger partial charge in [0.05, 0.1) is 0 Å². The highest BCUT2D eigenvalue weighted by Crippen LogP contribution is 2.20. The number of nitrogens with one attached hydrogen (secondary N) is 1. The molecule has 0 atom stereocenters. The Balaban J connectivity index is 1.88. The number of aromatic nitrogens is 3.